The van der Waals surface area contributed by atoms with Crippen molar-refractivity contribution in [3.63, 3.8) is 0 Å². The fourth-order valence-corrected chi connectivity index (χ4v) is 6.00. The number of carbonyl (C=O) groups excluding carboxylic acids is 1. The highest BCUT2D eigenvalue weighted by atomic mass is 16.5. The summed E-state index contributed by atoms with van der Waals surface area (Å²) < 4.78 is 16.9. The van der Waals surface area contributed by atoms with Gasteiger partial charge in [0.25, 0.3) is 11.5 Å². The van der Waals surface area contributed by atoms with E-state index in [4.69, 9.17) is 14.6 Å². The summed E-state index contributed by atoms with van der Waals surface area (Å²) in [6.07, 6.45) is 3.19. The Balaban J connectivity index is 1.13. The molecule has 0 aliphatic carbocycles. The van der Waals surface area contributed by atoms with E-state index in [0.29, 0.717) is 53.5 Å². The summed E-state index contributed by atoms with van der Waals surface area (Å²) in [6.45, 7) is 2.92. The number of fused-ring (bicyclic) bond motifs is 2. The summed E-state index contributed by atoms with van der Waals surface area (Å²) in [5, 5.41) is 21.4. The lowest BCUT2D eigenvalue weighted by Gasteiger charge is -2.12. The molecule has 12 heteroatoms. The Hall–Kier alpha value is -5.88. The van der Waals surface area contributed by atoms with Gasteiger partial charge in [-0.15, -0.1) is 0 Å². The molecule has 0 unspecified atom stereocenters. The molecule has 0 radical (unpaired) electrons. The number of pyridine rings is 1. The maximum absolute atomic E-state index is 13.5. The van der Waals surface area contributed by atoms with Crippen LogP contribution in [0.25, 0.3) is 16.7 Å². The van der Waals surface area contributed by atoms with Gasteiger partial charge in [0.15, 0.2) is 11.5 Å². The number of nitrogens with one attached hydrogen (secondary N) is 2. The minimum absolute atomic E-state index is 0.0806. The van der Waals surface area contributed by atoms with Gasteiger partial charge in [0.05, 0.1) is 31.6 Å². The van der Waals surface area contributed by atoms with Crippen LogP contribution in [0.2, 0.25) is 0 Å². The van der Waals surface area contributed by atoms with Gasteiger partial charge < -0.3 is 25.2 Å². The van der Waals surface area contributed by atoms with E-state index in [1.807, 2.05) is 66.2 Å². The molecule has 1 atom stereocenters. The fraction of sp³-hybridized carbons (Fsp3) is 0.222. The molecule has 244 valence electrons. The Morgan fingerprint density at radius 1 is 1.00 bits per heavy atom. The van der Waals surface area contributed by atoms with E-state index >= 15 is 0 Å². The van der Waals surface area contributed by atoms with Gasteiger partial charge in [-0.2, -0.15) is 5.10 Å². The number of methoxy groups -OCH3 is 1. The van der Waals surface area contributed by atoms with E-state index in [1.54, 1.807) is 53.0 Å². The largest absolute Gasteiger partial charge is 0.497 e. The summed E-state index contributed by atoms with van der Waals surface area (Å²) >= 11 is 0. The molecule has 3 N–H and O–H groups in total. The molecule has 0 saturated heterocycles. The SMILES string of the molecule is COc1ccc(Cn2nc(N[C@H](C)CO)c3c(Oc4ccc(NC(=O)c5c6n(n(-c7ccccc7)c5=O)CCC6)cc4)ccnc32)cc1. The normalized spacial score (nSPS) is 12.9. The predicted octanol–water partition coefficient (Wildman–Crippen LogP) is 5.22. The Bertz CT molecular complexity index is 2130. The highest BCUT2D eigenvalue weighted by Crippen LogP contribution is 2.35. The highest BCUT2D eigenvalue weighted by molar-refractivity contribution is 6.05. The third-order valence-corrected chi connectivity index (χ3v) is 8.34. The van der Waals surface area contributed by atoms with Crippen molar-refractivity contribution < 1.29 is 19.4 Å². The number of amides is 1. The Morgan fingerprint density at radius 3 is 2.48 bits per heavy atom. The molecule has 0 bridgehead atoms. The minimum Gasteiger partial charge on any atom is -0.497 e. The molecule has 48 heavy (non-hydrogen) atoms. The van der Waals surface area contributed by atoms with Gasteiger partial charge in [-0.3, -0.25) is 14.3 Å². The predicted molar refractivity (Wildman–Crippen MR) is 183 cm³/mol. The van der Waals surface area contributed by atoms with E-state index in [1.165, 1.54) is 0 Å². The summed E-state index contributed by atoms with van der Waals surface area (Å²) in [5.74, 6) is 1.91. The van der Waals surface area contributed by atoms with Crippen LogP contribution < -0.4 is 25.7 Å². The van der Waals surface area contributed by atoms with Crippen molar-refractivity contribution in [3.05, 3.63) is 118 Å². The number of hydrogen-bond acceptors (Lipinski definition) is 8. The first kappa shape index (κ1) is 30.8. The van der Waals surface area contributed by atoms with Crippen molar-refractivity contribution in [2.45, 2.75) is 38.9 Å². The lowest BCUT2D eigenvalue weighted by Crippen LogP contribution is -2.26. The summed E-state index contributed by atoms with van der Waals surface area (Å²) in [7, 11) is 1.63. The molecule has 4 heterocycles. The Labute approximate surface area is 276 Å². The molecular formula is C36H35N7O5. The van der Waals surface area contributed by atoms with Gasteiger partial charge >= 0.3 is 0 Å². The first-order valence-corrected chi connectivity index (χ1v) is 15.8. The van der Waals surface area contributed by atoms with Crippen molar-refractivity contribution in [2.24, 2.45) is 0 Å². The number of aromatic nitrogens is 5. The summed E-state index contributed by atoms with van der Waals surface area (Å²) in [5.41, 5.74) is 3.46. The van der Waals surface area contributed by atoms with E-state index in [0.717, 1.165) is 29.1 Å². The van der Waals surface area contributed by atoms with Crippen molar-refractivity contribution in [2.75, 3.05) is 24.4 Å². The molecule has 3 aromatic carbocycles. The molecular weight excluding hydrogens is 610 g/mol. The van der Waals surface area contributed by atoms with Crippen LogP contribution in [0.4, 0.5) is 11.5 Å². The number of aliphatic hydroxyl groups is 1. The average Bonchev–Trinajstić information content (AvgIpc) is 3.79. The molecule has 6 aromatic rings. The number of rotatable bonds is 11. The smallest absolute Gasteiger partial charge is 0.284 e. The van der Waals surface area contributed by atoms with Crippen molar-refractivity contribution >= 4 is 28.4 Å². The zero-order chi connectivity index (χ0) is 33.2. The standard InChI is InChI=1S/C36H35N7O5/c1-23(22-44)38-33-32-30(18-19-37-34(32)41(40-33)21-24-10-14-27(47-2)15-11-24)48-28-16-12-25(13-17-28)39-35(45)31-29-9-6-20-42(29)43(36(31)46)26-7-4-3-5-8-26/h3-5,7-8,10-19,23,44H,6,9,20-22H2,1-2H3,(H,38,40)(H,39,45)/t23-/m1/s1. The lowest BCUT2D eigenvalue weighted by molar-refractivity contribution is 0.102. The van der Waals surface area contributed by atoms with Gasteiger partial charge in [-0.1, -0.05) is 30.3 Å². The second-order valence-corrected chi connectivity index (χ2v) is 11.7. The number of ether oxygens (including phenoxy) is 2. The molecule has 3 aromatic heterocycles. The topological polar surface area (TPSA) is 137 Å². The summed E-state index contributed by atoms with van der Waals surface area (Å²) in [4.78, 5) is 31.5. The number of anilines is 2. The maximum atomic E-state index is 13.5. The van der Waals surface area contributed by atoms with E-state index in [2.05, 4.69) is 15.6 Å². The lowest BCUT2D eigenvalue weighted by atomic mass is 10.1. The van der Waals surface area contributed by atoms with Gasteiger partial charge in [-0.05, 0) is 73.9 Å². The van der Waals surface area contributed by atoms with Crippen LogP contribution in [0.1, 0.15) is 35.0 Å². The quantitative estimate of drug-likeness (QED) is 0.174. The number of benzene rings is 3. The number of hydrogen-bond donors (Lipinski definition) is 3. The van der Waals surface area contributed by atoms with Crippen LogP contribution in [0.15, 0.2) is 95.9 Å². The number of aliphatic hydroxyl groups excluding tert-OH is 1. The molecule has 12 nitrogen and oxygen atoms in total. The third-order valence-electron chi connectivity index (χ3n) is 8.34. The number of nitrogens with zero attached hydrogens (tertiary/aromatic N) is 5. The molecule has 1 amide bonds. The number of carbonyl (C=O) groups is 1. The van der Waals surface area contributed by atoms with Crippen LogP contribution in [0, 0.1) is 0 Å². The Morgan fingerprint density at radius 2 is 1.75 bits per heavy atom. The van der Waals surface area contributed by atoms with E-state index in [-0.39, 0.29) is 23.8 Å². The van der Waals surface area contributed by atoms with Gasteiger partial charge in [-0.25, -0.2) is 14.3 Å². The van der Waals surface area contributed by atoms with Crippen LogP contribution in [0.5, 0.6) is 17.2 Å². The second-order valence-electron chi connectivity index (χ2n) is 11.7. The Kier molecular flexibility index (Phi) is 8.38. The molecule has 0 spiro atoms. The van der Waals surface area contributed by atoms with Crippen molar-refractivity contribution in [1.82, 2.24) is 24.1 Å². The zero-order valence-corrected chi connectivity index (χ0v) is 26.6. The van der Waals surface area contributed by atoms with Crippen LogP contribution in [-0.4, -0.2) is 54.9 Å². The van der Waals surface area contributed by atoms with Crippen LogP contribution >= 0.6 is 0 Å². The van der Waals surface area contributed by atoms with Gasteiger partial charge in [0, 0.05) is 30.5 Å². The van der Waals surface area contributed by atoms with Crippen LogP contribution in [0.3, 0.4) is 0 Å². The molecule has 0 saturated carbocycles. The second kappa shape index (κ2) is 13.1. The van der Waals surface area contributed by atoms with E-state index in [9.17, 15) is 14.7 Å². The first-order valence-electron chi connectivity index (χ1n) is 15.8. The summed E-state index contributed by atoms with van der Waals surface area (Å²) in [6, 6.07) is 25.6. The van der Waals surface area contributed by atoms with Crippen molar-refractivity contribution in [3.8, 4) is 22.9 Å². The highest BCUT2D eigenvalue weighted by Gasteiger charge is 2.29. The number of para-hydroxylation sites is 1. The maximum Gasteiger partial charge on any atom is 0.284 e. The minimum atomic E-state index is -0.442. The first-order chi connectivity index (χ1) is 23.4. The zero-order valence-electron chi connectivity index (χ0n) is 26.6. The molecule has 1 aliphatic heterocycles. The monoisotopic (exact) mass is 645 g/mol. The van der Waals surface area contributed by atoms with Crippen molar-refractivity contribution in [1.29, 1.82) is 0 Å². The van der Waals surface area contributed by atoms with Gasteiger partial charge in [0.2, 0.25) is 0 Å². The molecule has 1 aliphatic rings. The van der Waals surface area contributed by atoms with Gasteiger partial charge in [0.1, 0.15) is 28.2 Å². The van der Waals surface area contributed by atoms with E-state index < -0.39 is 5.91 Å². The molecule has 0 fully saturated rings. The average molecular weight is 646 g/mol. The van der Waals surface area contributed by atoms with Crippen LogP contribution in [-0.2, 0) is 19.5 Å². The third kappa shape index (κ3) is 5.89. The fourth-order valence-electron chi connectivity index (χ4n) is 6.00. The molecule has 7 rings (SSSR count).